The van der Waals surface area contributed by atoms with Gasteiger partial charge in [0.05, 0.1) is 0 Å². The monoisotopic (exact) mass is 411 g/mol. The van der Waals surface area contributed by atoms with Crippen LogP contribution in [0.2, 0.25) is 0 Å². The van der Waals surface area contributed by atoms with Crippen LogP contribution < -0.4 is 0 Å². The second-order valence-electron chi connectivity index (χ2n) is 6.39. The molecular formula is C16H29NO3S4. The number of aliphatic carboxylic acids is 1. The van der Waals surface area contributed by atoms with Gasteiger partial charge in [0.15, 0.2) is 0 Å². The molecule has 1 N–H and O–H groups in total. The number of nitrogens with zero attached hydrogens (tertiary/aromatic N) is 1. The van der Waals surface area contributed by atoms with E-state index in [1.807, 2.05) is 13.2 Å². The van der Waals surface area contributed by atoms with Crippen LogP contribution in [-0.2, 0) is 9.59 Å². The van der Waals surface area contributed by atoms with Crippen molar-refractivity contribution in [2.45, 2.75) is 63.7 Å². The van der Waals surface area contributed by atoms with Crippen molar-refractivity contribution in [3.8, 4) is 0 Å². The predicted octanol–water partition coefficient (Wildman–Crippen LogP) is 4.53. The van der Waals surface area contributed by atoms with Crippen LogP contribution in [0.5, 0.6) is 0 Å². The van der Waals surface area contributed by atoms with Gasteiger partial charge in [0.1, 0.15) is 5.54 Å². The van der Waals surface area contributed by atoms with Gasteiger partial charge in [0, 0.05) is 22.9 Å². The molecule has 0 heterocycles. The molecule has 0 aromatic heterocycles. The molecule has 1 amide bonds. The van der Waals surface area contributed by atoms with Crippen LogP contribution in [0.3, 0.4) is 0 Å². The lowest BCUT2D eigenvalue weighted by atomic mass is 9.86. The molecule has 0 aromatic carbocycles. The van der Waals surface area contributed by atoms with E-state index in [-0.39, 0.29) is 11.8 Å². The van der Waals surface area contributed by atoms with Gasteiger partial charge in [-0.05, 0) is 44.8 Å². The molecule has 0 saturated carbocycles. The number of rotatable bonds is 12. The van der Waals surface area contributed by atoms with E-state index in [0.717, 1.165) is 12.8 Å². The summed E-state index contributed by atoms with van der Waals surface area (Å²) in [5, 5.41) is 10.1. The maximum absolute atomic E-state index is 12.5. The summed E-state index contributed by atoms with van der Waals surface area (Å²) in [6.07, 6.45) is 4.96. The van der Waals surface area contributed by atoms with E-state index < -0.39 is 11.5 Å². The lowest BCUT2D eigenvalue weighted by molar-refractivity contribution is -0.157. The first-order valence-corrected chi connectivity index (χ1v) is 11.4. The molecule has 4 nitrogen and oxygen atoms in total. The standard InChI is InChI=1S/C16H29NO3S4/c1-11(6-9-14(21)22)10-16(3,15(19)20)17(4)13(18)8-7-12(2)24-23-5/h11-12H,6-10H2,1-5H3,(H,19,20)(H,21,22)/t11-,12-,16+/m1/s1. The Morgan fingerprint density at radius 3 is 2.33 bits per heavy atom. The summed E-state index contributed by atoms with van der Waals surface area (Å²) in [6, 6.07) is 0. The average Bonchev–Trinajstić information content (AvgIpc) is 2.49. The number of likely N-dealkylation sites (N-methyl/N-ethyl adjacent to an activating group) is 1. The second-order valence-corrected chi connectivity index (χ2v) is 10.6. The van der Waals surface area contributed by atoms with E-state index >= 15 is 0 Å². The van der Waals surface area contributed by atoms with E-state index in [0.29, 0.717) is 28.7 Å². The molecule has 140 valence electrons. The Labute approximate surface area is 164 Å². The zero-order chi connectivity index (χ0) is 18.9. The third-order valence-corrected chi connectivity index (χ3v) is 6.94. The maximum atomic E-state index is 12.5. The highest BCUT2D eigenvalue weighted by molar-refractivity contribution is 8.76. The Balaban J connectivity index is 4.84. The molecule has 0 aliphatic carbocycles. The number of thiol groups is 1. The van der Waals surface area contributed by atoms with Crippen molar-refractivity contribution >= 4 is 62.5 Å². The van der Waals surface area contributed by atoms with Crippen LogP contribution in [0.4, 0.5) is 0 Å². The summed E-state index contributed by atoms with van der Waals surface area (Å²) in [6.45, 7) is 5.69. The largest absolute Gasteiger partial charge is 0.480 e. The minimum absolute atomic E-state index is 0.120. The fourth-order valence-electron chi connectivity index (χ4n) is 2.50. The summed E-state index contributed by atoms with van der Waals surface area (Å²) in [4.78, 5) is 25.7. The molecule has 0 spiro atoms. The minimum Gasteiger partial charge on any atom is -0.480 e. The van der Waals surface area contributed by atoms with Crippen molar-refractivity contribution < 1.29 is 14.7 Å². The van der Waals surface area contributed by atoms with Crippen LogP contribution in [-0.4, -0.2) is 50.2 Å². The molecule has 0 aliphatic rings. The smallest absolute Gasteiger partial charge is 0.329 e. The Bertz CT molecular complexity index is 447. The fraction of sp³-hybridized carbons (Fsp3) is 0.812. The molecule has 0 bridgehead atoms. The van der Waals surface area contributed by atoms with Crippen molar-refractivity contribution in [2.75, 3.05) is 13.3 Å². The van der Waals surface area contributed by atoms with Gasteiger partial charge in [-0.2, -0.15) is 0 Å². The SMILES string of the molecule is CSS[C@H](C)CCC(=O)N(C)[C@@](C)(C[C@H](C)CCC(=S)S)C(=O)O. The van der Waals surface area contributed by atoms with Gasteiger partial charge < -0.3 is 10.0 Å². The number of amides is 1. The average molecular weight is 412 g/mol. The molecule has 0 aromatic rings. The number of hydrogen-bond donors (Lipinski definition) is 2. The molecule has 0 aliphatic heterocycles. The minimum atomic E-state index is -1.20. The zero-order valence-electron chi connectivity index (χ0n) is 15.1. The highest BCUT2D eigenvalue weighted by Crippen LogP contribution is 2.29. The molecule has 0 radical (unpaired) electrons. The van der Waals surface area contributed by atoms with Gasteiger partial charge >= 0.3 is 5.97 Å². The summed E-state index contributed by atoms with van der Waals surface area (Å²) in [5.74, 6) is -0.951. The number of carbonyl (C=O) groups excluding carboxylic acids is 1. The van der Waals surface area contributed by atoms with Crippen molar-refractivity contribution in [1.82, 2.24) is 4.90 Å². The molecule has 0 saturated heterocycles. The van der Waals surface area contributed by atoms with Gasteiger partial charge in [-0.3, -0.25) is 4.79 Å². The molecule has 3 atom stereocenters. The summed E-state index contributed by atoms with van der Waals surface area (Å²) in [7, 11) is 5.00. The predicted molar refractivity (Wildman–Crippen MR) is 113 cm³/mol. The maximum Gasteiger partial charge on any atom is 0.329 e. The molecule has 0 unspecified atom stereocenters. The first kappa shape index (κ1) is 24.1. The zero-order valence-corrected chi connectivity index (χ0v) is 18.4. The van der Waals surface area contributed by atoms with Crippen molar-refractivity contribution in [2.24, 2.45) is 5.92 Å². The summed E-state index contributed by atoms with van der Waals surface area (Å²) in [5.41, 5.74) is -1.20. The normalized spacial score (nSPS) is 16.1. The van der Waals surface area contributed by atoms with Gasteiger partial charge in [-0.15, -0.1) is 12.6 Å². The summed E-state index contributed by atoms with van der Waals surface area (Å²) < 4.78 is 0.628. The van der Waals surface area contributed by atoms with Crippen molar-refractivity contribution in [3.63, 3.8) is 0 Å². The Morgan fingerprint density at radius 1 is 1.29 bits per heavy atom. The molecule has 24 heavy (non-hydrogen) atoms. The summed E-state index contributed by atoms with van der Waals surface area (Å²) >= 11 is 9.07. The Hall–Kier alpha value is 0.0800. The van der Waals surface area contributed by atoms with E-state index in [9.17, 15) is 14.7 Å². The molecule has 0 rings (SSSR count). The van der Waals surface area contributed by atoms with Gasteiger partial charge in [-0.1, -0.05) is 47.7 Å². The highest BCUT2D eigenvalue weighted by atomic mass is 33.1. The number of carboxylic acid groups (broad SMARTS) is 1. The van der Waals surface area contributed by atoms with E-state index in [2.05, 4.69) is 19.6 Å². The number of thiocarbonyl (C=S) groups is 1. The molecule has 0 fully saturated rings. The van der Waals surface area contributed by atoms with Gasteiger partial charge in [0.25, 0.3) is 0 Å². The van der Waals surface area contributed by atoms with E-state index in [1.54, 1.807) is 35.6 Å². The van der Waals surface area contributed by atoms with Gasteiger partial charge in [0.2, 0.25) is 5.91 Å². The van der Waals surface area contributed by atoms with Crippen LogP contribution in [0, 0.1) is 5.92 Å². The topological polar surface area (TPSA) is 57.6 Å². The highest BCUT2D eigenvalue weighted by Gasteiger charge is 2.41. The van der Waals surface area contributed by atoms with Crippen LogP contribution in [0.15, 0.2) is 0 Å². The first-order chi connectivity index (χ1) is 11.0. The van der Waals surface area contributed by atoms with Crippen LogP contribution >= 0.6 is 46.4 Å². The van der Waals surface area contributed by atoms with Crippen molar-refractivity contribution in [1.29, 1.82) is 0 Å². The quantitative estimate of drug-likeness (QED) is 0.279. The molecular weight excluding hydrogens is 382 g/mol. The van der Waals surface area contributed by atoms with Gasteiger partial charge in [-0.25, -0.2) is 4.79 Å². The van der Waals surface area contributed by atoms with E-state index in [4.69, 9.17) is 12.2 Å². The second kappa shape index (κ2) is 11.6. The molecule has 8 heteroatoms. The van der Waals surface area contributed by atoms with Crippen LogP contribution in [0.25, 0.3) is 0 Å². The first-order valence-electron chi connectivity index (χ1n) is 7.95. The fourth-order valence-corrected chi connectivity index (χ4v) is 4.56. The van der Waals surface area contributed by atoms with Crippen molar-refractivity contribution in [3.05, 3.63) is 0 Å². The third kappa shape index (κ3) is 8.45. The Kier molecular flexibility index (Phi) is 11.7. The Morgan fingerprint density at radius 2 is 1.88 bits per heavy atom. The third-order valence-electron chi connectivity index (χ3n) is 4.20. The lowest BCUT2D eigenvalue weighted by Crippen LogP contribution is -2.54. The van der Waals surface area contributed by atoms with Crippen LogP contribution in [0.1, 0.15) is 52.9 Å². The van der Waals surface area contributed by atoms with E-state index in [1.165, 1.54) is 4.90 Å². The number of carboxylic acids is 1. The lowest BCUT2D eigenvalue weighted by Gasteiger charge is -2.37. The number of hydrogen-bond acceptors (Lipinski definition) is 5. The number of carbonyl (C=O) groups is 2.